The van der Waals surface area contributed by atoms with Gasteiger partial charge in [0.15, 0.2) is 0 Å². The number of rotatable bonds is 4. The van der Waals surface area contributed by atoms with Crippen LogP contribution in [0.15, 0.2) is 22.8 Å². The van der Waals surface area contributed by atoms with Crippen LogP contribution in [-0.2, 0) is 6.54 Å². The summed E-state index contributed by atoms with van der Waals surface area (Å²) >= 11 is 0. The molecule has 0 aromatic carbocycles. The van der Waals surface area contributed by atoms with Crippen LogP contribution in [0.2, 0.25) is 0 Å². The molecule has 2 nitrogen and oxygen atoms in total. The van der Waals surface area contributed by atoms with E-state index in [4.69, 9.17) is 4.42 Å². The van der Waals surface area contributed by atoms with Crippen LogP contribution in [-0.4, -0.2) is 6.54 Å². The smallest absolute Gasteiger partial charge is 0.117 e. The first-order valence-electron chi connectivity index (χ1n) is 7.88. The third-order valence-electron chi connectivity index (χ3n) is 5.85. The largest absolute Gasteiger partial charge is 0.468 e. The van der Waals surface area contributed by atoms with Gasteiger partial charge in [0.2, 0.25) is 0 Å². The molecule has 1 aromatic rings. The molecule has 0 amide bonds. The Balaban J connectivity index is 1.43. The van der Waals surface area contributed by atoms with Crippen molar-refractivity contribution in [3.05, 3.63) is 24.2 Å². The molecule has 19 heavy (non-hydrogen) atoms. The van der Waals surface area contributed by atoms with Gasteiger partial charge in [-0.15, -0.1) is 0 Å². The molecule has 1 N–H and O–H groups in total. The number of hydrogen-bond donors (Lipinski definition) is 1. The molecule has 2 heteroatoms. The van der Waals surface area contributed by atoms with E-state index in [-0.39, 0.29) is 0 Å². The molecule has 104 valence electrons. The van der Waals surface area contributed by atoms with Crippen molar-refractivity contribution in [3.63, 3.8) is 0 Å². The molecule has 4 aliphatic rings. The van der Waals surface area contributed by atoms with Crippen LogP contribution in [0.1, 0.15) is 51.2 Å². The Morgan fingerprint density at radius 3 is 2.68 bits per heavy atom. The van der Waals surface area contributed by atoms with Crippen molar-refractivity contribution in [2.75, 3.05) is 6.54 Å². The fraction of sp³-hybridized carbons (Fsp3) is 0.765. The zero-order valence-electron chi connectivity index (χ0n) is 12.0. The Morgan fingerprint density at radius 2 is 2.05 bits per heavy atom. The molecule has 5 rings (SSSR count). The van der Waals surface area contributed by atoms with Gasteiger partial charge in [-0.3, -0.25) is 0 Å². The van der Waals surface area contributed by atoms with Crippen LogP contribution in [0.3, 0.4) is 0 Å². The average molecular weight is 259 g/mol. The molecule has 2 unspecified atom stereocenters. The SMILES string of the molecule is CC12CC3CC(C1)CC(CNCc1ccco1)(C3)C2. The monoisotopic (exact) mass is 259 g/mol. The number of hydrogen-bond acceptors (Lipinski definition) is 2. The maximum absolute atomic E-state index is 5.41. The second-order valence-corrected chi connectivity index (χ2v) is 7.95. The molecular formula is C17H25NO. The molecule has 1 aromatic heterocycles. The quantitative estimate of drug-likeness (QED) is 0.885. The van der Waals surface area contributed by atoms with Crippen molar-refractivity contribution in [1.82, 2.24) is 5.32 Å². The lowest BCUT2D eigenvalue weighted by molar-refractivity contribution is -0.1000. The van der Waals surface area contributed by atoms with Gasteiger partial charge in [0.25, 0.3) is 0 Å². The summed E-state index contributed by atoms with van der Waals surface area (Å²) in [4.78, 5) is 0. The van der Waals surface area contributed by atoms with Gasteiger partial charge in [-0.05, 0) is 73.3 Å². The fourth-order valence-electron chi connectivity index (χ4n) is 6.00. The van der Waals surface area contributed by atoms with E-state index in [0.29, 0.717) is 10.8 Å². The lowest BCUT2D eigenvalue weighted by Gasteiger charge is -2.61. The molecule has 4 saturated carbocycles. The summed E-state index contributed by atoms with van der Waals surface area (Å²) in [7, 11) is 0. The van der Waals surface area contributed by atoms with Crippen molar-refractivity contribution in [2.24, 2.45) is 22.7 Å². The highest BCUT2D eigenvalue weighted by Crippen LogP contribution is 2.64. The van der Waals surface area contributed by atoms with E-state index in [1.807, 2.05) is 6.07 Å². The summed E-state index contributed by atoms with van der Waals surface area (Å²) in [5.74, 6) is 3.12. The van der Waals surface area contributed by atoms with Crippen molar-refractivity contribution < 1.29 is 4.42 Å². The second kappa shape index (κ2) is 4.12. The number of furan rings is 1. The summed E-state index contributed by atoms with van der Waals surface area (Å²) in [6, 6.07) is 4.04. The normalized spacial score (nSPS) is 43.8. The van der Waals surface area contributed by atoms with E-state index in [0.717, 1.165) is 24.1 Å². The van der Waals surface area contributed by atoms with Crippen LogP contribution in [0, 0.1) is 22.7 Å². The van der Waals surface area contributed by atoms with E-state index in [1.54, 1.807) is 6.26 Å². The van der Waals surface area contributed by atoms with Crippen LogP contribution >= 0.6 is 0 Å². The van der Waals surface area contributed by atoms with Crippen molar-refractivity contribution in [2.45, 2.75) is 52.0 Å². The molecular weight excluding hydrogens is 234 g/mol. The highest BCUT2D eigenvalue weighted by atomic mass is 16.3. The Morgan fingerprint density at radius 1 is 1.26 bits per heavy atom. The van der Waals surface area contributed by atoms with Gasteiger partial charge in [-0.2, -0.15) is 0 Å². The van der Waals surface area contributed by atoms with Gasteiger partial charge in [-0.25, -0.2) is 0 Å². The molecule has 0 saturated heterocycles. The Hall–Kier alpha value is -0.760. The summed E-state index contributed by atoms with van der Waals surface area (Å²) < 4.78 is 5.41. The molecule has 0 aliphatic heterocycles. The second-order valence-electron chi connectivity index (χ2n) is 7.95. The molecule has 0 radical (unpaired) electrons. The van der Waals surface area contributed by atoms with Crippen molar-refractivity contribution >= 4 is 0 Å². The van der Waals surface area contributed by atoms with Crippen LogP contribution in [0.25, 0.3) is 0 Å². The predicted molar refractivity (Wildman–Crippen MR) is 75.6 cm³/mol. The number of nitrogens with one attached hydrogen (secondary N) is 1. The first kappa shape index (κ1) is 12.0. The lowest BCUT2D eigenvalue weighted by Crippen LogP contribution is -2.54. The molecule has 4 bridgehead atoms. The van der Waals surface area contributed by atoms with E-state index in [9.17, 15) is 0 Å². The van der Waals surface area contributed by atoms with E-state index >= 15 is 0 Å². The topological polar surface area (TPSA) is 25.2 Å². The zero-order valence-corrected chi connectivity index (χ0v) is 12.0. The lowest BCUT2D eigenvalue weighted by atomic mass is 9.44. The molecule has 0 spiro atoms. The third-order valence-corrected chi connectivity index (χ3v) is 5.85. The van der Waals surface area contributed by atoms with Crippen LogP contribution in [0.5, 0.6) is 0 Å². The first-order chi connectivity index (χ1) is 9.15. The van der Waals surface area contributed by atoms with Crippen LogP contribution < -0.4 is 5.32 Å². The van der Waals surface area contributed by atoms with Gasteiger partial charge < -0.3 is 9.73 Å². The summed E-state index contributed by atoms with van der Waals surface area (Å²) in [5, 5.41) is 3.67. The van der Waals surface area contributed by atoms with E-state index in [2.05, 4.69) is 18.3 Å². The molecule has 4 fully saturated rings. The average Bonchev–Trinajstić information content (AvgIpc) is 2.78. The zero-order chi connectivity index (χ0) is 12.9. The highest BCUT2D eigenvalue weighted by Gasteiger charge is 2.55. The van der Waals surface area contributed by atoms with E-state index in [1.165, 1.54) is 45.1 Å². The maximum atomic E-state index is 5.41. The summed E-state index contributed by atoms with van der Waals surface area (Å²) in [6.45, 7) is 4.63. The molecule has 2 atom stereocenters. The summed E-state index contributed by atoms with van der Waals surface area (Å²) in [5.41, 5.74) is 1.27. The molecule has 1 heterocycles. The minimum absolute atomic E-state index is 0.603. The highest BCUT2D eigenvalue weighted by molar-refractivity contribution is 5.07. The van der Waals surface area contributed by atoms with E-state index < -0.39 is 0 Å². The predicted octanol–water partition coefficient (Wildman–Crippen LogP) is 3.98. The van der Waals surface area contributed by atoms with Gasteiger partial charge in [0.05, 0.1) is 12.8 Å². The standard InChI is InChI=1S/C17H25NO/c1-16-6-13-5-14(7-16)9-17(8-13,11-16)12-18-10-15-3-2-4-19-15/h2-4,13-14,18H,5-12H2,1H3. The molecule has 4 aliphatic carbocycles. The van der Waals surface area contributed by atoms with Crippen molar-refractivity contribution in [1.29, 1.82) is 0 Å². The van der Waals surface area contributed by atoms with Gasteiger partial charge >= 0.3 is 0 Å². The first-order valence-corrected chi connectivity index (χ1v) is 7.88. The minimum atomic E-state index is 0.603. The van der Waals surface area contributed by atoms with Crippen molar-refractivity contribution in [3.8, 4) is 0 Å². The van der Waals surface area contributed by atoms with Gasteiger partial charge in [0, 0.05) is 6.54 Å². The van der Waals surface area contributed by atoms with Gasteiger partial charge in [0.1, 0.15) is 5.76 Å². The Kier molecular flexibility index (Phi) is 2.60. The maximum Gasteiger partial charge on any atom is 0.117 e. The Labute approximate surface area is 116 Å². The summed E-state index contributed by atoms with van der Waals surface area (Å²) in [6.07, 6.45) is 10.7. The Bertz CT molecular complexity index is 436. The third kappa shape index (κ3) is 2.14. The minimum Gasteiger partial charge on any atom is -0.468 e. The van der Waals surface area contributed by atoms with Gasteiger partial charge in [-0.1, -0.05) is 6.92 Å². The fourth-order valence-corrected chi connectivity index (χ4v) is 6.00. The van der Waals surface area contributed by atoms with Crippen LogP contribution in [0.4, 0.5) is 0 Å².